The molecular formula is C16H16N2O4. The van der Waals surface area contributed by atoms with E-state index in [1.54, 1.807) is 6.08 Å². The van der Waals surface area contributed by atoms with E-state index in [2.05, 4.69) is 5.32 Å². The summed E-state index contributed by atoms with van der Waals surface area (Å²) < 4.78 is 5.10. The van der Waals surface area contributed by atoms with Gasteiger partial charge in [-0.2, -0.15) is 0 Å². The van der Waals surface area contributed by atoms with Gasteiger partial charge in [-0.05, 0) is 12.0 Å². The van der Waals surface area contributed by atoms with E-state index in [1.807, 2.05) is 30.3 Å². The molecule has 2 amide bonds. The van der Waals surface area contributed by atoms with E-state index in [0.29, 0.717) is 25.1 Å². The van der Waals surface area contributed by atoms with Gasteiger partial charge in [0.25, 0.3) is 0 Å². The third-order valence-electron chi connectivity index (χ3n) is 3.75. The first-order valence-corrected chi connectivity index (χ1v) is 7.17. The molecule has 1 atom stereocenters. The first kappa shape index (κ1) is 14.3. The summed E-state index contributed by atoms with van der Waals surface area (Å²) in [5.74, 6) is -0.265. The van der Waals surface area contributed by atoms with Gasteiger partial charge in [0.2, 0.25) is 5.91 Å². The van der Waals surface area contributed by atoms with Crippen molar-refractivity contribution in [3.63, 3.8) is 0 Å². The Labute approximate surface area is 127 Å². The normalized spacial score (nSPS) is 20.5. The molecule has 0 radical (unpaired) electrons. The number of allylic oxidation sites excluding steroid dienone is 1. The topological polar surface area (TPSA) is 75.7 Å². The van der Waals surface area contributed by atoms with Gasteiger partial charge >= 0.3 is 6.09 Å². The zero-order valence-corrected chi connectivity index (χ0v) is 12.0. The van der Waals surface area contributed by atoms with Gasteiger partial charge in [0, 0.05) is 13.0 Å². The highest BCUT2D eigenvalue weighted by Gasteiger charge is 2.38. The zero-order valence-electron chi connectivity index (χ0n) is 12.0. The van der Waals surface area contributed by atoms with Crippen molar-refractivity contribution in [1.29, 1.82) is 0 Å². The Morgan fingerprint density at radius 2 is 2.05 bits per heavy atom. The van der Waals surface area contributed by atoms with E-state index in [4.69, 9.17) is 4.74 Å². The van der Waals surface area contributed by atoms with Crippen molar-refractivity contribution in [1.82, 2.24) is 10.2 Å². The van der Waals surface area contributed by atoms with Crippen LogP contribution in [0.15, 0.2) is 42.1 Å². The van der Waals surface area contributed by atoms with Crippen LogP contribution in [-0.2, 0) is 20.9 Å². The second-order valence-corrected chi connectivity index (χ2v) is 5.25. The van der Waals surface area contributed by atoms with Crippen molar-refractivity contribution >= 4 is 17.8 Å². The molecule has 0 spiro atoms. The fraction of sp³-hybridized carbons (Fsp3) is 0.312. The quantitative estimate of drug-likeness (QED) is 0.915. The number of hydrogen-bond donors (Lipinski definition) is 1. The first-order valence-electron chi connectivity index (χ1n) is 7.17. The van der Waals surface area contributed by atoms with Crippen molar-refractivity contribution in [3.8, 4) is 0 Å². The molecule has 0 aliphatic carbocycles. The number of amides is 2. The van der Waals surface area contributed by atoms with Crippen LogP contribution in [0.25, 0.3) is 0 Å². The molecular weight excluding hydrogens is 284 g/mol. The number of rotatable bonds is 3. The van der Waals surface area contributed by atoms with Gasteiger partial charge in [0.1, 0.15) is 12.6 Å². The fourth-order valence-electron chi connectivity index (χ4n) is 2.61. The molecule has 2 aliphatic heterocycles. The number of alkyl carbamates (subject to hydrolysis) is 1. The van der Waals surface area contributed by atoms with Crippen LogP contribution >= 0.6 is 0 Å². The van der Waals surface area contributed by atoms with Gasteiger partial charge in [-0.1, -0.05) is 36.4 Å². The van der Waals surface area contributed by atoms with E-state index in [-0.39, 0.29) is 18.3 Å². The molecule has 1 aromatic carbocycles. The number of fused-ring (bicyclic) bond motifs is 1. The summed E-state index contributed by atoms with van der Waals surface area (Å²) in [7, 11) is 0. The molecule has 1 fully saturated rings. The predicted octanol–water partition coefficient (Wildman–Crippen LogP) is 1.37. The highest BCUT2D eigenvalue weighted by Crippen LogP contribution is 2.24. The minimum atomic E-state index is -0.669. The Bertz CT molecular complexity index is 639. The van der Waals surface area contributed by atoms with Gasteiger partial charge in [-0.15, -0.1) is 0 Å². The highest BCUT2D eigenvalue weighted by molar-refractivity contribution is 6.04. The number of Topliss-reactive ketones (excluding diaryl/α,β-unsaturated/α-hetero) is 1. The van der Waals surface area contributed by atoms with Crippen LogP contribution < -0.4 is 5.32 Å². The molecule has 6 nitrogen and oxygen atoms in total. The summed E-state index contributed by atoms with van der Waals surface area (Å²) in [5, 5.41) is 2.56. The lowest BCUT2D eigenvalue weighted by atomic mass is 10.1. The summed E-state index contributed by atoms with van der Waals surface area (Å²) in [6, 6.07) is 8.63. The Morgan fingerprint density at radius 3 is 2.82 bits per heavy atom. The molecule has 6 heteroatoms. The minimum Gasteiger partial charge on any atom is -0.445 e. The summed E-state index contributed by atoms with van der Waals surface area (Å²) >= 11 is 0. The third kappa shape index (κ3) is 2.86. The van der Waals surface area contributed by atoms with Crippen molar-refractivity contribution in [2.45, 2.75) is 25.5 Å². The number of ether oxygens (including phenoxy) is 1. The smallest absolute Gasteiger partial charge is 0.408 e. The predicted molar refractivity (Wildman–Crippen MR) is 77.6 cm³/mol. The summed E-state index contributed by atoms with van der Waals surface area (Å²) in [5.41, 5.74) is 1.33. The van der Waals surface area contributed by atoms with E-state index < -0.39 is 12.1 Å². The SMILES string of the molecule is O=C(N[C@H]1CC=C2C(=O)CCN2C1=O)OCc1ccccc1. The van der Waals surface area contributed by atoms with Gasteiger partial charge < -0.3 is 15.0 Å². The van der Waals surface area contributed by atoms with E-state index >= 15 is 0 Å². The minimum absolute atomic E-state index is 0.0153. The summed E-state index contributed by atoms with van der Waals surface area (Å²) in [6.45, 7) is 0.539. The van der Waals surface area contributed by atoms with Crippen LogP contribution in [0.2, 0.25) is 0 Å². The highest BCUT2D eigenvalue weighted by atomic mass is 16.5. The molecule has 1 aromatic rings. The number of hydrogen-bond acceptors (Lipinski definition) is 4. The number of carbonyl (C=O) groups excluding carboxylic acids is 3. The average molecular weight is 300 g/mol. The molecule has 2 heterocycles. The molecule has 22 heavy (non-hydrogen) atoms. The Morgan fingerprint density at radius 1 is 1.27 bits per heavy atom. The molecule has 0 unspecified atom stereocenters. The number of ketones is 1. The maximum Gasteiger partial charge on any atom is 0.408 e. The molecule has 1 saturated heterocycles. The zero-order chi connectivity index (χ0) is 15.5. The van der Waals surface area contributed by atoms with Gasteiger partial charge in [0.15, 0.2) is 5.78 Å². The lowest BCUT2D eigenvalue weighted by Crippen LogP contribution is -2.49. The number of carbonyl (C=O) groups is 3. The maximum atomic E-state index is 12.2. The van der Waals surface area contributed by atoms with Crippen LogP contribution in [0, 0.1) is 0 Å². The van der Waals surface area contributed by atoms with Gasteiger partial charge in [-0.3, -0.25) is 9.59 Å². The Hall–Kier alpha value is -2.63. The van der Waals surface area contributed by atoms with E-state index in [9.17, 15) is 14.4 Å². The van der Waals surface area contributed by atoms with Crippen molar-refractivity contribution in [3.05, 3.63) is 47.7 Å². The van der Waals surface area contributed by atoms with Crippen molar-refractivity contribution in [2.24, 2.45) is 0 Å². The Kier molecular flexibility index (Phi) is 3.91. The lowest BCUT2D eigenvalue weighted by molar-refractivity contribution is -0.132. The first-order chi connectivity index (χ1) is 10.6. The molecule has 0 saturated carbocycles. The van der Waals surface area contributed by atoms with Gasteiger partial charge in [-0.25, -0.2) is 4.79 Å². The monoisotopic (exact) mass is 300 g/mol. The summed E-state index contributed by atoms with van der Waals surface area (Å²) in [6.07, 6.45) is 1.74. The van der Waals surface area contributed by atoms with Crippen LogP contribution in [0.4, 0.5) is 4.79 Å². The third-order valence-corrected chi connectivity index (χ3v) is 3.75. The second kappa shape index (κ2) is 6.01. The Balaban J connectivity index is 1.55. The van der Waals surface area contributed by atoms with E-state index in [0.717, 1.165) is 5.56 Å². The largest absolute Gasteiger partial charge is 0.445 e. The van der Waals surface area contributed by atoms with Crippen LogP contribution in [-0.4, -0.2) is 35.3 Å². The molecule has 114 valence electrons. The fourth-order valence-corrected chi connectivity index (χ4v) is 2.61. The molecule has 0 bridgehead atoms. The van der Waals surface area contributed by atoms with E-state index in [1.165, 1.54) is 4.90 Å². The molecule has 1 N–H and O–H groups in total. The average Bonchev–Trinajstić information content (AvgIpc) is 2.91. The summed E-state index contributed by atoms with van der Waals surface area (Å²) in [4.78, 5) is 37.0. The molecule has 3 rings (SSSR count). The number of nitrogens with zero attached hydrogens (tertiary/aromatic N) is 1. The van der Waals surface area contributed by atoms with Crippen molar-refractivity contribution < 1.29 is 19.1 Å². The maximum absolute atomic E-state index is 12.2. The standard InChI is InChI=1S/C16H16N2O4/c19-14-8-9-18-13(14)7-6-12(15(18)20)17-16(21)22-10-11-4-2-1-3-5-11/h1-5,7,12H,6,8-10H2,(H,17,21)/t12-/m0/s1. The van der Waals surface area contributed by atoms with Crippen LogP contribution in [0.3, 0.4) is 0 Å². The molecule has 2 aliphatic rings. The van der Waals surface area contributed by atoms with Crippen LogP contribution in [0.5, 0.6) is 0 Å². The lowest BCUT2D eigenvalue weighted by Gasteiger charge is -2.27. The van der Waals surface area contributed by atoms with Gasteiger partial charge in [0.05, 0.1) is 5.70 Å². The van der Waals surface area contributed by atoms with Crippen LogP contribution in [0.1, 0.15) is 18.4 Å². The molecule has 0 aromatic heterocycles. The number of benzene rings is 1. The number of nitrogens with one attached hydrogen (secondary N) is 1. The second-order valence-electron chi connectivity index (χ2n) is 5.25. The van der Waals surface area contributed by atoms with Crippen molar-refractivity contribution in [2.75, 3.05) is 6.54 Å².